The minimum absolute atomic E-state index is 0.152. The van der Waals surface area contributed by atoms with Gasteiger partial charge in [0.2, 0.25) is 0 Å². The molecule has 0 aliphatic carbocycles. The molecule has 0 spiro atoms. The number of amides is 1. The molecule has 2 aromatic rings. The van der Waals surface area contributed by atoms with Gasteiger partial charge in [-0.2, -0.15) is 0 Å². The quantitative estimate of drug-likeness (QED) is 0.616. The van der Waals surface area contributed by atoms with E-state index in [1.807, 2.05) is 24.3 Å². The summed E-state index contributed by atoms with van der Waals surface area (Å²) in [6.45, 7) is 6.83. The number of ether oxygens (including phenoxy) is 1. The predicted molar refractivity (Wildman–Crippen MR) is 112 cm³/mol. The summed E-state index contributed by atoms with van der Waals surface area (Å²) in [6, 6.07) is 13.8. The van der Waals surface area contributed by atoms with Crippen LogP contribution in [-0.4, -0.2) is 46.8 Å². The molecule has 2 aromatic carbocycles. The number of carbonyl (C=O) groups is 1. The van der Waals surface area contributed by atoms with Crippen molar-refractivity contribution in [3.63, 3.8) is 0 Å². The number of anilines is 1. The molecule has 0 radical (unpaired) electrons. The average Bonchev–Trinajstić information content (AvgIpc) is 2.69. The highest BCUT2D eigenvalue weighted by atomic mass is 32.2. The van der Waals surface area contributed by atoms with E-state index in [9.17, 15) is 13.2 Å². The van der Waals surface area contributed by atoms with Gasteiger partial charge in [0.1, 0.15) is 12.4 Å². The Morgan fingerprint density at radius 1 is 1.04 bits per heavy atom. The molecule has 0 saturated heterocycles. The smallest absolute Gasteiger partial charge is 0.251 e. The number of sulfone groups is 1. The van der Waals surface area contributed by atoms with Gasteiger partial charge in [-0.1, -0.05) is 6.92 Å². The molecule has 0 heterocycles. The van der Waals surface area contributed by atoms with E-state index in [-0.39, 0.29) is 10.8 Å². The topological polar surface area (TPSA) is 75.7 Å². The third kappa shape index (κ3) is 6.27. The third-order valence-corrected chi connectivity index (χ3v) is 5.41. The van der Waals surface area contributed by atoms with Gasteiger partial charge in [0, 0.05) is 30.6 Å². The predicted octanol–water partition coefficient (Wildman–Crippen LogP) is 3.14. The lowest BCUT2D eigenvalue weighted by molar-refractivity contribution is 0.0947. The van der Waals surface area contributed by atoms with Gasteiger partial charge in [0.25, 0.3) is 5.91 Å². The second-order valence-electron chi connectivity index (χ2n) is 6.47. The lowest BCUT2D eigenvalue weighted by Crippen LogP contribution is -2.28. The Balaban J connectivity index is 1.81. The highest BCUT2D eigenvalue weighted by Gasteiger charge is 2.08. The fourth-order valence-corrected chi connectivity index (χ4v) is 3.41. The summed E-state index contributed by atoms with van der Waals surface area (Å²) in [7, 11) is -3.22. The molecule has 0 bridgehead atoms. The van der Waals surface area contributed by atoms with E-state index in [2.05, 4.69) is 24.1 Å². The Morgan fingerprint density at radius 2 is 1.68 bits per heavy atom. The fraction of sp³-hybridized carbons (Fsp3) is 0.381. The van der Waals surface area contributed by atoms with Gasteiger partial charge in [-0.3, -0.25) is 4.79 Å². The number of hydrogen-bond acceptors (Lipinski definition) is 5. The Hall–Kier alpha value is -2.54. The lowest BCUT2D eigenvalue weighted by Gasteiger charge is -2.22. The zero-order valence-corrected chi connectivity index (χ0v) is 17.5. The van der Waals surface area contributed by atoms with Crippen molar-refractivity contribution in [2.24, 2.45) is 0 Å². The molecule has 1 amide bonds. The molecule has 7 heteroatoms. The number of benzene rings is 2. The molecule has 0 aromatic heterocycles. The number of rotatable bonds is 10. The number of nitrogens with one attached hydrogen (secondary N) is 1. The highest BCUT2D eigenvalue weighted by Crippen LogP contribution is 2.16. The van der Waals surface area contributed by atoms with Crippen molar-refractivity contribution in [3.8, 4) is 5.75 Å². The van der Waals surface area contributed by atoms with Crippen LogP contribution in [0.25, 0.3) is 0 Å². The monoisotopic (exact) mass is 404 g/mol. The first-order valence-electron chi connectivity index (χ1n) is 9.41. The first kappa shape index (κ1) is 21.8. The zero-order valence-electron chi connectivity index (χ0n) is 16.6. The summed E-state index contributed by atoms with van der Waals surface area (Å²) in [5.74, 6) is 0.405. The first-order valence-corrected chi connectivity index (χ1v) is 11.3. The van der Waals surface area contributed by atoms with Crippen molar-refractivity contribution >= 4 is 21.4 Å². The first-order chi connectivity index (χ1) is 13.3. The van der Waals surface area contributed by atoms with E-state index >= 15 is 0 Å². The van der Waals surface area contributed by atoms with Crippen LogP contribution in [0.4, 0.5) is 5.69 Å². The number of carbonyl (C=O) groups excluding carboxylic acids is 1. The van der Waals surface area contributed by atoms with Crippen LogP contribution in [0, 0.1) is 0 Å². The van der Waals surface area contributed by atoms with Crippen molar-refractivity contribution in [2.75, 3.05) is 37.4 Å². The number of hydrogen-bond donors (Lipinski definition) is 1. The molecule has 2 rings (SSSR count). The maximum atomic E-state index is 12.2. The highest BCUT2D eigenvalue weighted by molar-refractivity contribution is 7.90. The largest absolute Gasteiger partial charge is 0.492 e. The van der Waals surface area contributed by atoms with Gasteiger partial charge in [-0.05, 0) is 61.9 Å². The van der Waals surface area contributed by atoms with Crippen molar-refractivity contribution in [1.29, 1.82) is 0 Å². The fourth-order valence-electron chi connectivity index (χ4n) is 2.78. The SMILES string of the molecule is CCCN(CC)c1ccc(C(=O)NCCOc2ccc(S(C)(=O)=O)cc2)cc1. The molecule has 0 unspecified atom stereocenters. The molecular formula is C21H28N2O4S. The van der Waals surface area contributed by atoms with Gasteiger partial charge >= 0.3 is 0 Å². The Kier molecular flexibility index (Phi) is 7.87. The van der Waals surface area contributed by atoms with Crippen LogP contribution < -0.4 is 15.0 Å². The normalized spacial score (nSPS) is 11.1. The second-order valence-corrected chi connectivity index (χ2v) is 8.49. The molecule has 28 heavy (non-hydrogen) atoms. The number of nitrogens with zero attached hydrogens (tertiary/aromatic N) is 1. The molecule has 152 valence electrons. The van der Waals surface area contributed by atoms with Crippen molar-refractivity contribution in [1.82, 2.24) is 5.32 Å². The zero-order chi connectivity index (χ0) is 20.6. The molecule has 0 aliphatic heterocycles. The van der Waals surface area contributed by atoms with Gasteiger partial charge in [0.15, 0.2) is 9.84 Å². The van der Waals surface area contributed by atoms with E-state index in [0.29, 0.717) is 24.5 Å². The van der Waals surface area contributed by atoms with Crippen LogP contribution in [0.1, 0.15) is 30.6 Å². The van der Waals surface area contributed by atoms with Crippen LogP contribution in [0.3, 0.4) is 0 Å². The maximum absolute atomic E-state index is 12.2. The summed E-state index contributed by atoms with van der Waals surface area (Å²) in [6.07, 6.45) is 2.24. The summed E-state index contributed by atoms with van der Waals surface area (Å²) in [5, 5.41) is 2.82. The van der Waals surface area contributed by atoms with Crippen molar-refractivity contribution in [2.45, 2.75) is 25.2 Å². The van der Waals surface area contributed by atoms with Crippen LogP contribution >= 0.6 is 0 Å². The second kappa shape index (κ2) is 10.1. The molecule has 0 fully saturated rings. The van der Waals surface area contributed by atoms with Gasteiger partial charge in [-0.15, -0.1) is 0 Å². The van der Waals surface area contributed by atoms with Crippen LogP contribution in [-0.2, 0) is 9.84 Å². The van der Waals surface area contributed by atoms with Crippen LogP contribution in [0.2, 0.25) is 0 Å². The average molecular weight is 405 g/mol. The maximum Gasteiger partial charge on any atom is 0.251 e. The van der Waals surface area contributed by atoms with Crippen molar-refractivity contribution < 1.29 is 17.9 Å². The van der Waals surface area contributed by atoms with E-state index < -0.39 is 9.84 Å². The van der Waals surface area contributed by atoms with E-state index in [4.69, 9.17) is 4.74 Å². The minimum Gasteiger partial charge on any atom is -0.492 e. The lowest BCUT2D eigenvalue weighted by atomic mass is 10.1. The van der Waals surface area contributed by atoms with Crippen LogP contribution in [0.5, 0.6) is 5.75 Å². The molecule has 0 saturated carbocycles. The standard InChI is InChI=1S/C21H28N2O4S/c1-4-15-23(5-2)18-8-6-17(7-9-18)21(24)22-14-16-27-19-10-12-20(13-11-19)28(3,25)26/h6-13H,4-5,14-16H2,1-3H3,(H,22,24). The van der Waals surface area contributed by atoms with E-state index in [1.165, 1.54) is 12.1 Å². The Bertz CT molecular complexity index is 862. The van der Waals surface area contributed by atoms with E-state index in [0.717, 1.165) is 31.5 Å². The Labute approximate surface area is 167 Å². The van der Waals surface area contributed by atoms with Gasteiger partial charge in [-0.25, -0.2) is 8.42 Å². The summed E-state index contributed by atoms with van der Waals surface area (Å²) < 4.78 is 28.4. The molecule has 0 aliphatic rings. The third-order valence-electron chi connectivity index (χ3n) is 4.28. The van der Waals surface area contributed by atoms with Gasteiger partial charge < -0.3 is 15.0 Å². The summed E-state index contributed by atoms with van der Waals surface area (Å²) in [5.41, 5.74) is 1.72. The van der Waals surface area contributed by atoms with Crippen LogP contribution in [0.15, 0.2) is 53.4 Å². The van der Waals surface area contributed by atoms with Gasteiger partial charge in [0.05, 0.1) is 11.4 Å². The molecule has 6 nitrogen and oxygen atoms in total. The summed E-state index contributed by atoms with van der Waals surface area (Å²) >= 11 is 0. The molecule has 1 N–H and O–H groups in total. The molecular weight excluding hydrogens is 376 g/mol. The molecule has 0 atom stereocenters. The Morgan fingerprint density at radius 3 is 2.21 bits per heavy atom. The van der Waals surface area contributed by atoms with Crippen molar-refractivity contribution in [3.05, 3.63) is 54.1 Å². The van der Waals surface area contributed by atoms with E-state index in [1.54, 1.807) is 12.1 Å². The minimum atomic E-state index is -3.22. The summed E-state index contributed by atoms with van der Waals surface area (Å²) in [4.78, 5) is 14.8.